The molecule has 1 saturated carbocycles. The number of nitrogens with one attached hydrogen (secondary N) is 1. The third kappa shape index (κ3) is 4.08. The van der Waals surface area contributed by atoms with E-state index in [2.05, 4.69) is 39.9 Å². The van der Waals surface area contributed by atoms with Crippen LogP contribution < -0.4 is 5.32 Å². The van der Waals surface area contributed by atoms with Gasteiger partial charge < -0.3 is 5.32 Å². The summed E-state index contributed by atoms with van der Waals surface area (Å²) in [5.41, 5.74) is 0.622. The van der Waals surface area contributed by atoms with E-state index in [-0.39, 0.29) is 0 Å². The molecule has 0 spiro atoms. The smallest absolute Gasteiger partial charge is 0.00619 e. The second-order valence-electron chi connectivity index (χ2n) is 6.72. The predicted molar refractivity (Wildman–Crippen MR) is 72.7 cm³/mol. The molecular weight excluding hydrogens is 194 g/mol. The fourth-order valence-electron chi connectivity index (χ4n) is 3.06. The summed E-state index contributed by atoms with van der Waals surface area (Å²) in [6.07, 6.45) is 7.20. The molecule has 0 aliphatic heterocycles. The van der Waals surface area contributed by atoms with E-state index in [0.29, 0.717) is 11.5 Å². The van der Waals surface area contributed by atoms with Crippen LogP contribution in [0.3, 0.4) is 0 Å². The summed E-state index contributed by atoms with van der Waals surface area (Å²) in [5, 5.41) is 3.77. The normalized spacial score (nSPS) is 21.9. The van der Waals surface area contributed by atoms with E-state index >= 15 is 0 Å². The van der Waals surface area contributed by atoms with Gasteiger partial charge in [0, 0.05) is 12.6 Å². The lowest BCUT2D eigenvalue weighted by atomic mass is 9.78. The molecule has 1 fully saturated rings. The fourth-order valence-corrected chi connectivity index (χ4v) is 3.06. The minimum absolute atomic E-state index is 0.622. The molecule has 0 radical (unpaired) electrons. The Kier molecular flexibility index (Phi) is 5.30. The molecule has 0 saturated heterocycles. The van der Waals surface area contributed by atoms with Gasteiger partial charge in [0.2, 0.25) is 0 Å². The van der Waals surface area contributed by atoms with E-state index in [4.69, 9.17) is 0 Å². The van der Waals surface area contributed by atoms with Crippen molar-refractivity contribution in [2.45, 2.75) is 72.8 Å². The van der Waals surface area contributed by atoms with Crippen LogP contribution in [0.1, 0.15) is 66.7 Å². The van der Waals surface area contributed by atoms with Crippen molar-refractivity contribution in [3.63, 3.8) is 0 Å². The Hall–Kier alpha value is -0.0400. The Morgan fingerprint density at radius 2 is 1.56 bits per heavy atom. The van der Waals surface area contributed by atoms with Crippen molar-refractivity contribution >= 4 is 0 Å². The first kappa shape index (κ1) is 14.0. The summed E-state index contributed by atoms with van der Waals surface area (Å²) in [6, 6.07) is 0.657. The number of hydrogen-bond donors (Lipinski definition) is 1. The molecule has 0 aromatic heterocycles. The van der Waals surface area contributed by atoms with Crippen LogP contribution in [0.4, 0.5) is 0 Å². The molecule has 1 rings (SSSR count). The summed E-state index contributed by atoms with van der Waals surface area (Å²) < 4.78 is 0. The Balaban J connectivity index is 2.45. The third-order valence-corrected chi connectivity index (χ3v) is 4.30. The highest BCUT2D eigenvalue weighted by Crippen LogP contribution is 2.42. The molecule has 0 aromatic rings. The molecular formula is C15H31N. The van der Waals surface area contributed by atoms with Gasteiger partial charge in [-0.1, -0.05) is 40.5 Å². The van der Waals surface area contributed by atoms with Crippen molar-refractivity contribution in [2.75, 3.05) is 6.54 Å². The standard InChI is InChI=1S/C15H31N/c1-12(2)10-15(8-6-7-9-15)11-16-14(5)13(3)4/h12-14,16H,6-11H2,1-5H3. The van der Waals surface area contributed by atoms with Crippen LogP contribution in [-0.4, -0.2) is 12.6 Å². The van der Waals surface area contributed by atoms with Gasteiger partial charge in [-0.15, -0.1) is 0 Å². The molecule has 0 aromatic carbocycles. The average molecular weight is 225 g/mol. The van der Waals surface area contributed by atoms with E-state index in [0.717, 1.165) is 11.8 Å². The first-order chi connectivity index (χ1) is 7.45. The Bertz CT molecular complexity index is 190. The SMILES string of the molecule is CC(C)CC1(CNC(C)C(C)C)CCCC1. The second-order valence-corrected chi connectivity index (χ2v) is 6.72. The number of rotatable bonds is 6. The topological polar surface area (TPSA) is 12.0 Å². The van der Waals surface area contributed by atoms with Crippen LogP contribution in [0.15, 0.2) is 0 Å². The van der Waals surface area contributed by atoms with Gasteiger partial charge >= 0.3 is 0 Å². The van der Waals surface area contributed by atoms with Gasteiger partial charge in [0.05, 0.1) is 0 Å². The Labute approximate surface area is 102 Å². The zero-order chi connectivity index (χ0) is 12.2. The van der Waals surface area contributed by atoms with Gasteiger partial charge in [-0.05, 0) is 43.4 Å². The van der Waals surface area contributed by atoms with E-state index in [9.17, 15) is 0 Å². The third-order valence-electron chi connectivity index (χ3n) is 4.30. The monoisotopic (exact) mass is 225 g/mol. The fraction of sp³-hybridized carbons (Fsp3) is 1.00. The molecule has 0 bridgehead atoms. The van der Waals surface area contributed by atoms with Gasteiger partial charge in [0.25, 0.3) is 0 Å². The minimum Gasteiger partial charge on any atom is -0.313 e. The second kappa shape index (κ2) is 6.05. The highest BCUT2D eigenvalue weighted by Gasteiger charge is 2.34. The predicted octanol–water partition coefficient (Wildman–Crippen LogP) is 4.23. The first-order valence-electron chi connectivity index (χ1n) is 7.18. The van der Waals surface area contributed by atoms with Crippen molar-refractivity contribution in [2.24, 2.45) is 17.3 Å². The lowest BCUT2D eigenvalue weighted by Gasteiger charge is -2.33. The van der Waals surface area contributed by atoms with Crippen LogP contribution >= 0.6 is 0 Å². The molecule has 1 atom stereocenters. The van der Waals surface area contributed by atoms with Gasteiger partial charge in [0.15, 0.2) is 0 Å². The van der Waals surface area contributed by atoms with E-state index < -0.39 is 0 Å². The molecule has 1 aliphatic rings. The molecule has 1 N–H and O–H groups in total. The van der Waals surface area contributed by atoms with Crippen LogP contribution in [0.5, 0.6) is 0 Å². The summed E-state index contributed by atoms with van der Waals surface area (Å²) in [5.74, 6) is 1.59. The summed E-state index contributed by atoms with van der Waals surface area (Å²) >= 11 is 0. The van der Waals surface area contributed by atoms with Crippen LogP contribution in [0.25, 0.3) is 0 Å². The van der Waals surface area contributed by atoms with Crippen molar-refractivity contribution in [3.8, 4) is 0 Å². The first-order valence-corrected chi connectivity index (χ1v) is 7.18. The Morgan fingerprint density at radius 1 is 1.00 bits per heavy atom. The maximum Gasteiger partial charge on any atom is 0.00619 e. The van der Waals surface area contributed by atoms with Crippen LogP contribution in [0, 0.1) is 17.3 Å². The van der Waals surface area contributed by atoms with E-state index in [1.54, 1.807) is 0 Å². The molecule has 0 amide bonds. The summed E-state index contributed by atoms with van der Waals surface area (Å²) in [6.45, 7) is 12.9. The molecule has 1 unspecified atom stereocenters. The molecule has 16 heavy (non-hydrogen) atoms. The average Bonchev–Trinajstić information content (AvgIpc) is 2.62. The highest BCUT2D eigenvalue weighted by atomic mass is 14.9. The quantitative estimate of drug-likeness (QED) is 0.713. The largest absolute Gasteiger partial charge is 0.313 e. The maximum atomic E-state index is 3.77. The van der Waals surface area contributed by atoms with Gasteiger partial charge in [-0.25, -0.2) is 0 Å². The number of hydrogen-bond acceptors (Lipinski definition) is 1. The molecule has 0 heterocycles. The molecule has 1 nitrogen and oxygen atoms in total. The lowest BCUT2D eigenvalue weighted by Crippen LogP contribution is -2.40. The van der Waals surface area contributed by atoms with Crippen molar-refractivity contribution in [1.82, 2.24) is 5.32 Å². The van der Waals surface area contributed by atoms with Gasteiger partial charge in [-0.3, -0.25) is 0 Å². The van der Waals surface area contributed by atoms with Crippen LogP contribution in [0.2, 0.25) is 0 Å². The van der Waals surface area contributed by atoms with E-state index in [1.165, 1.54) is 38.6 Å². The van der Waals surface area contributed by atoms with Gasteiger partial charge in [-0.2, -0.15) is 0 Å². The van der Waals surface area contributed by atoms with Crippen LogP contribution in [-0.2, 0) is 0 Å². The zero-order valence-corrected chi connectivity index (χ0v) is 12.0. The molecule has 96 valence electrons. The summed E-state index contributed by atoms with van der Waals surface area (Å²) in [4.78, 5) is 0. The van der Waals surface area contributed by atoms with Crippen molar-refractivity contribution in [1.29, 1.82) is 0 Å². The van der Waals surface area contributed by atoms with Crippen molar-refractivity contribution in [3.05, 3.63) is 0 Å². The maximum absolute atomic E-state index is 3.77. The van der Waals surface area contributed by atoms with Gasteiger partial charge in [0.1, 0.15) is 0 Å². The Morgan fingerprint density at radius 3 is 2.00 bits per heavy atom. The van der Waals surface area contributed by atoms with E-state index in [1.807, 2.05) is 0 Å². The molecule has 1 heteroatoms. The summed E-state index contributed by atoms with van der Waals surface area (Å²) in [7, 11) is 0. The minimum atomic E-state index is 0.622. The highest BCUT2D eigenvalue weighted by molar-refractivity contribution is 4.88. The van der Waals surface area contributed by atoms with Crippen molar-refractivity contribution < 1.29 is 0 Å². The lowest BCUT2D eigenvalue weighted by molar-refractivity contribution is 0.209. The molecule has 1 aliphatic carbocycles. The zero-order valence-electron chi connectivity index (χ0n) is 12.0.